The van der Waals surface area contributed by atoms with Crippen LogP contribution in [-0.4, -0.2) is 23.4 Å². The van der Waals surface area contributed by atoms with Gasteiger partial charge < -0.3 is 14.9 Å². The zero-order valence-corrected chi connectivity index (χ0v) is 10.1. The minimum Gasteiger partial charge on any atom is -0.492 e. The predicted molar refractivity (Wildman–Crippen MR) is 63.9 cm³/mol. The molecular weight excluding hydrogens is 228 g/mol. The van der Waals surface area contributed by atoms with Gasteiger partial charge in [0.05, 0.1) is 17.7 Å². The lowest BCUT2D eigenvalue weighted by Gasteiger charge is -2.10. The van der Waals surface area contributed by atoms with Gasteiger partial charge in [0.1, 0.15) is 5.75 Å². The van der Waals surface area contributed by atoms with Crippen LogP contribution < -0.4 is 4.74 Å². The van der Waals surface area contributed by atoms with Crippen molar-refractivity contribution in [2.45, 2.75) is 25.9 Å². The van der Waals surface area contributed by atoms with E-state index in [-0.39, 0.29) is 6.61 Å². The Kier molecular flexibility index (Phi) is 5.60. The molecule has 0 fully saturated rings. The molecule has 2 N–H and O–H groups in total. The van der Waals surface area contributed by atoms with Gasteiger partial charge in [-0.25, -0.2) is 0 Å². The van der Waals surface area contributed by atoms with Crippen molar-refractivity contribution in [3.8, 4) is 5.75 Å². The van der Waals surface area contributed by atoms with Crippen molar-refractivity contribution in [3.05, 3.63) is 28.8 Å². The zero-order valence-electron chi connectivity index (χ0n) is 9.32. The first-order chi connectivity index (χ1) is 7.65. The van der Waals surface area contributed by atoms with Crippen LogP contribution in [0.3, 0.4) is 0 Å². The number of ether oxygens (including phenoxy) is 1. The van der Waals surface area contributed by atoms with E-state index >= 15 is 0 Å². The van der Waals surface area contributed by atoms with Gasteiger partial charge in [0.25, 0.3) is 0 Å². The standard InChI is InChI=1S/C12H17ClO3/c1-9(15)10-4-5-12(11(13)8-10)16-7-3-2-6-14/h4-5,8-9,14-15H,2-3,6-7H2,1H3/t9-/m0/s1. The van der Waals surface area contributed by atoms with Gasteiger partial charge in [0.2, 0.25) is 0 Å². The van der Waals surface area contributed by atoms with E-state index in [4.69, 9.17) is 21.4 Å². The summed E-state index contributed by atoms with van der Waals surface area (Å²) in [7, 11) is 0. The maximum Gasteiger partial charge on any atom is 0.137 e. The lowest BCUT2D eigenvalue weighted by atomic mass is 10.1. The Labute approximate surface area is 101 Å². The Morgan fingerprint density at radius 2 is 2.12 bits per heavy atom. The average Bonchev–Trinajstić information content (AvgIpc) is 2.26. The Hall–Kier alpha value is -0.770. The summed E-state index contributed by atoms with van der Waals surface area (Å²) in [6.45, 7) is 2.40. The van der Waals surface area contributed by atoms with E-state index < -0.39 is 6.10 Å². The summed E-state index contributed by atoms with van der Waals surface area (Å²) in [6.07, 6.45) is 0.995. The lowest BCUT2D eigenvalue weighted by Crippen LogP contribution is -2.00. The smallest absolute Gasteiger partial charge is 0.137 e. The largest absolute Gasteiger partial charge is 0.492 e. The van der Waals surface area contributed by atoms with E-state index in [9.17, 15) is 5.11 Å². The molecule has 0 amide bonds. The first kappa shape index (κ1) is 13.3. The number of rotatable bonds is 6. The van der Waals surface area contributed by atoms with Crippen LogP contribution in [0.5, 0.6) is 5.75 Å². The van der Waals surface area contributed by atoms with Gasteiger partial charge >= 0.3 is 0 Å². The molecule has 1 rings (SSSR count). The van der Waals surface area contributed by atoms with E-state index in [0.717, 1.165) is 18.4 Å². The van der Waals surface area contributed by atoms with E-state index in [1.807, 2.05) is 0 Å². The maximum atomic E-state index is 9.36. The molecule has 0 aliphatic carbocycles. The van der Waals surface area contributed by atoms with Crippen LogP contribution >= 0.6 is 11.6 Å². The summed E-state index contributed by atoms with van der Waals surface area (Å²) in [5, 5.41) is 18.5. The number of hydrogen-bond donors (Lipinski definition) is 2. The molecule has 0 heterocycles. The highest BCUT2D eigenvalue weighted by Crippen LogP contribution is 2.27. The molecule has 0 spiro atoms. The van der Waals surface area contributed by atoms with Crippen molar-refractivity contribution in [1.29, 1.82) is 0 Å². The van der Waals surface area contributed by atoms with Crippen LogP contribution in [0.25, 0.3) is 0 Å². The number of benzene rings is 1. The average molecular weight is 245 g/mol. The number of halogens is 1. The van der Waals surface area contributed by atoms with Crippen LogP contribution in [0.4, 0.5) is 0 Å². The van der Waals surface area contributed by atoms with Crippen LogP contribution in [0.1, 0.15) is 31.4 Å². The van der Waals surface area contributed by atoms with E-state index in [0.29, 0.717) is 17.4 Å². The predicted octanol–water partition coefficient (Wildman–Crippen LogP) is 2.54. The van der Waals surface area contributed by atoms with Gasteiger partial charge in [-0.3, -0.25) is 0 Å². The van der Waals surface area contributed by atoms with Crippen molar-refractivity contribution in [2.75, 3.05) is 13.2 Å². The number of aliphatic hydroxyl groups is 2. The summed E-state index contributed by atoms with van der Waals surface area (Å²) in [5.41, 5.74) is 0.771. The minimum atomic E-state index is -0.527. The van der Waals surface area contributed by atoms with Crippen molar-refractivity contribution in [1.82, 2.24) is 0 Å². The summed E-state index contributed by atoms with van der Waals surface area (Å²) in [5.74, 6) is 0.615. The quantitative estimate of drug-likeness (QED) is 0.756. The topological polar surface area (TPSA) is 49.7 Å². The third-order valence-corrected chi connectivity index (χ3v) is 2.54. The zero-order chi connectivity index (χ0) is 12.0. The highest BCUT2D eigenvalue weighted by molar-refractivity contribution is 6.32. The molecule has 0 aliphatic heterocycles. The Balaban J connectivity index is 2.54. The van der Waals surface area contributed by atoms with E-state index in [1.165, 1.54) is 0 Å². The highest BCUT2D eigenvalue weighted by atomic mass is 35.5. The van der Waals surface area contributed by atoms with Crippen molar-refractivity contribution in [3.63, 3.8) is 0 Å². The van der Waals surface area contributed by atoms with Crippen LogP contribution in [-0.2, 0) is 0 Å². The number of hydrogen-bond acceptors (Lipinski definition) is 3. The Bertz CT molecular complexity index is 326. The van der Waals surface area contributed by atoms with Gasteiger partial charge in [0.15, 0.2) is 0 Å². The molecule has 1 atom stereocenters. The molecule has 0 radical (unpaired) electrons. The SMILES string of the molecule is C[C@H](O)c1ccc(OCCCCO)c(Cl)c1. The fourth-order valence-electron chi connectivity index (χ4n) is 1.29. The highest BCUT2D eigenvalue weighted by Gasteiger charge is 2.06. The van der Waals surface area contributed by atoms with E-state index in [2.05, 4.69) is 0 Å². The maximum absolute atomic E-state index is 9.36. The number of unbranched alkanes of at least 4 members (excludes halogenated alkanes) is 1. The van der Waals surface area contributed by atoms with E-state index in [1.54, 1.807) is 25.1 Å². The summed E-state index contributed by atoms with van der Waals surface area (Å²) >= 11 is 6.00. The molecular formula is C12H17ClO3. The molecule has 1 aromatic rings. The molecule has 0 aliphatic rings. The Morgan fingerprint density at radius 1 is 1.38 bits per heavy atom. The fourth-order valence-corrected chi connectivity index (χ4v) is 1.53. The molecule has 0 unspecified atom stereocenters. The van der Waals surface area contributed by atoms with Crippen LogP contribution in [0.2, 0.25) is 5.02 Å². The first-order valence-corrected chi connectivity index (χ1v) is 5.74. The van der Waals surface area contributed by atoms with Crippen molar-refractivity contribution < 1.29 is 14.9 Å². The molecule has 0 saturated carbocycles. The second kappa shape index (κ2) is 6.74. The molecule has 90 valence electrons. The summed E-state index contributed by atoms with van der Waals surface area (Å²) < 4.78 is 5.45. The van der Waals surface area contributed by atoms with Crippen LogP contribution in [0.15, 0.2) is 18.2 Å². The first-order valence-electron chi connectivity index (χ1n) is 5.36. The van der Waals surface area contributed by atoms with Gasteiger partial charge in [0, 0.05) is 6.61 Å². The monoisotopic (exact) mass is 244 g/mol. The summed E-state index contributed by atoms with van der Waals surface area (Å²) in [6, 6.07) is 5.24. The molecule has 16 heavy (non-hydrogen) atoms. The molecule has 0 saturated heterocycles. The number of aliphatic hydroxyl groups excluding tert-OH is 2. The second-order valence-electron chi connectivity index (χ2n) is 3.65. The molecule has 4 heteroatoms. The van der Waals surface area contributed by atoms with Crippen molar-refractivity contribution in [2.24, 2.45) is 0 Å². The molecule has 0 aromatic heterocycles. The van der Waals surface area contributed by atoms with Gasteiger partial charge in [-0.05, 0) is 37.5 Å². The van der Waals surface area contributed by atoms with Gasteiger partial charge in [-0.2, -0.15) is 0 Å². The molecule has 0 bridgehead atoms. The van der Waals surface area contributed by atoms with Gasteiger partial charge in [-0.15, -0.1) is 0 Å². The lowest BCUT2D eigenvalue weighted by molar-refractivity contribution is 0.199. The third kappa shape index (κ3) is 4.00. The normalized spacial score (nSPS) is 12.5. The van der Waals surface area contributed by atoms with Crippen molar-refractivity contribution >= 4 is 11.6 Å². The van der Waals surface area contributed by atoms with Crippen LogP contribution in [0, 0.1) is 0 Å². The minimum absolute atomic E-state index is 0.179. The van der Waals surface area contributed by atoms with Gasteiger partial charge in [-0.1, -0.05) is 17.7 Å². The Morgan fingerprint density at radius 3 is 2.69 bits per heavy atom. The molecule has 3 nitrogen and oxygen atoms in total. The summed E-state index contributed by atoms with van der Waals surface area (Å²) in [4.78, 5) is 0. The second-order valence-corrected chi connectivity index (χ2v) is 4.05. The fraction of sp³-hybridized carbons (Fsp3) is 0.500. The molecule has 1 aromatic carbocycles. The third-order valence-electron chi connectivity index (χ3n) is 2.25.